The standard InChI is InChI=1S/C12H22O3/c1-7-9(3)11(5)10(4,8-2)14-12(6,13-9)15-11/h7-8H2,1-6H3. The Morgan fingerprint density at radius 3 is 1.40 bits per heavy atom. The second kappa shape index (κ2) is 2.76. The summed E-state index contributed by atoms with van der Waals surface area (Å²) in [5.74, 6) is -0.857. The molecule has 3 heteroatoms. The van der Waals surface area contributed by atoms with Crippen molar-refractivity contribution in [3.63, 3.8) is 0 Å². The van der Waals surface area contributed by atoms with Gasteiger partial charge in [0, 0.05) is 6.92 Å². The van der Waals surface area contributed by atoms with Gasteiger partial charge in [-0.3, -0.25) is 0 Å². The van der Waals surface area contributed by atoms with Crippen LogP contribution >= 0.6 is 0 Å². The number of hydrogen-bond donors (Lipinski definition) is 0. The zero-order valence-corrected chi connectivity index (χ0v) is 10.6. The lowest BCUT2D eigenvalue weighted by Crippen LogP contribution is -2.63. The van der Waals surface area contributed by atoms with E-state index < -0.39 is 5.97 Å². The van der Waals surface area contributed by atoms with Crippen LogP contribution in [0.3, 0.4) is 0 Å². The minimum absolute atomic E-state index is 0.259. The maximum Gasteiger partial charge on any atom is 0.281 e. The fraction of sp³-hybridized carbons (Fsp3) is 1.00. The van der Waals surface area contributed by atoms with Crippen molar-refractivity contribution in [3.8, 4) is 0 Å². The molecule has 2 saturated heterocycles. The molecule has 0 aromatic carbocycles. The summed E-state index contributed by atoms with van der Waals surface area (Å²) in [5.41, 5.74) is -0.881. The third kappa shape index (κ3) is 1.12. The molecule has 2 bridgehead atoms. The van der Waals surface area contributed by atoms with Crippen molar-refractivity contribution in [2.45, 2.75) is 77.2 Å². The molecule has 15 heavy (non-hydrogen) atoms. The van der Waals surface area contributed by atoms with Gasteiger partial charge in [0.15, 0.2) is 0 Å². The van der Waals surface area contributed by atoms with Crippen LogP contribution in [0.5, 0.6) is 0 Å². The van der Waals surface area contributed by atoms with Crippen LogP contribution in [-0.4, -0.2) is 22.8 Å². The van der Waals surface area contributed by atoms with Crippen molar-refractivity contribution < 1.29 is 14.2 Å². The number of fused-ring (bicyclic) bond motifs is 2. The summed E-state index contributed by atoms with van der Waals surface area (Å²) in [6.45, 7) is 12.5. The normalized spacial score (nSPS) is 58.8. The minimum atomic E-state index is -0.857. The van der Waals surface area contributed by atoms with E-state index in [9.17, 15) is 0 Å². The first-order valence-electron chi connectivity index (χ1n) is 5.85. The molecule has 0 aliphatic carbocycles. The molecule has 88 valence electrons. The third-order valence-electron chi connectivity index (χ3n) is 4.58. The quantitative estimate of drug-likeness (QED) is 0.707. The molecule has 2 aliphatic rings. The van der Waals surface area contributed by atoms with E-state index in [1.807, 2.05) is 6.92 Å². The van der Waals surface area contributed by atoms with Crippen LogP contribution in [0.15, 0.2) is 0 Å². The summed E-state index contributed by atoms with van der Waals surface area (Å²) in [4.78, 5) is 0. The average molecular weight is 214 g/mol. The molecule has 2 aliphatic heterocycles. The zero-order chi connectivity index (χ0) is 11.5. The van der Waals surface area contributed by atoms with Crippen molar-refractivity contribution in [2.75, 3.05) is 0 Å². The molecular formula is C12H22O3. The first kappa shape index (κ1) is 11.4. The van der Waals surface area contributed by atoms with Gasteiger partial charge in [-0.1, -0.05) is 13.8 Å². The van der Waals surface area contributed by atoms with Crippen molar-refractivity contribution in [1.29, 1.82) is 0 Å². The van der Waals surface area contributed by atoms with Crippen LogP contribution in [0.4, 0.5) is 0 Å². The Morgan fingerprint density at radius 1 is 0.733 bits per heavy atom. The van der Waals surface area contributed by atoms with Crippen LogP contribution < -0.4 is 0 Å². The lowest BCUT2D eigenvalue weighted by molar-refractivity contribution is -0.345. The summed E-state index contributed by atoms with van der Waals surface area (Å²) >= 11 is 0. The van der Waals surface area contributed by atoms with Crippen LogP contribution in [0, 0.1) is 0 Å². The molecule has 0 amide bonds. The van der Waals surface area contributed by atoms with E-state index in [1.165, 1.54) is 0 Å². The van der Waals surface area contributed by atoms with Crippen molar-refractivity contribution in [1.82, 2.24) is 0 Å². The smallest absolute Gasteiger partial charge is 0.281 e. The highest BCUT2D eigenvalue weighted by Crippen LogP contribution is 2.60. The average Bonchev–Trinajstić information content (AvgIpc) is 2.47. The van der Waals surface area contributed by atoms with Gasteiger partial charge in [0.2, 0.25) is 0 Å². The van der Waals surface area contributed by atoms with Gasteiger partial charge in [0.05, 0.1) is 0 Å². The number of hydrogen-bond acceptors (Lipinski definition) is 3. The molecule has 0 aromatic heterocycles. The van der Waals surface area contributed by atoms with Crippen LogP contribution in [0.2, 0.25) is 0 Å². The van der Waals surface area contributed by atoms with Crippen LogP contribution in [0.25, 0.3) is 0 Å². The lowest BCUT2D eigenvalue weighted by Gasteiger charge is -2.49. The van der Waals surface area contributed by atoms with E-state index >= 15 is 0 Å². The van der Waals surface area contributed by atoms with Gasteiger partial charge in [0.1, 0.15) is 16.8 Å². The van der Waals surface area contributed by atoms with E-state index in [1.54, 1.807) is 0 Å². The Bertz CT molecular complexity index is 269. The lowest BCUT2D eigenvalue weighted by atomic mass is 9.71. The zero-order valence-electron chi connectivity index (χ0n) is 10.6. The van der Waals surface area contributed by atoms with Gasteiger partial charge >= 0.3 is 0 Å². The second-order valence-electron chi connectivity index (χ2n) is 5.37. The highest BCUT2D eigenvalue weighted by Gasteiger charge is 2.74. The van der Waals surface area contributed by atoms with E-state index in [0.29, 0.717) is 0 Å². The molecular weight excluding hydrogens is 192 g/mol. The van der Waals surface area contributed by atoms with E-state index in [0.717, 1.165) is 12.8 Å². The molecule has 2 unspecified atom stereocenters. The molecule has 0 saturated carbocycles. The molecule has 2 atom stereocenters. The minimum Gasteiger partial charge on any atom is -0.318 e. The topological polar surface area (TPSA) is 27.7 Å². The Morgan fingerprint density at radius 2 is 1.13 bits per heavy atom. The van der Waals surface area contributed by atoms with Crippen molar-refractivity contribution in [2.24, 2.45) is 0 Å². The largest absolute Gasteiger partial charge is 0.318 e. The predicted octanol–water partition coefficient (Wildman–Crippen LogP) is 2.83. The van der Waals surface area contributed by atoms with Crippen LogP contribution in [0.1, 0.15) is 54.4 Å². The molecule has 2 rings (SSSR count). The molecule has 2 heterocycles. The Labute approximate surface area is 92.1 Å². The first-order valence-corrected chi connectivity index (χ1v) is 5.85. The maximum atomic E-state index is 6.02. The highest BCUT2D eigenvalue weighted by molar-refractivity contribution is 5.15. The highest BCUT2D eigenvalue weighted by atomic mass is 16.9. The SMILES string of the molecule is CCC1(C)OC2(C)OC(C)(CC)C1(C)O2. The Balaban J connectivity index is 2.47. The van der Waals surface area contributed by atoms with Gasteiger partial charge in [-0.15, -0.1) is 0 Å². The predicted molar refractivity (Wildman–Crippen MR) is 57.5 cm³/mol. The van der Waals surface area contributed by atoms with Gasteiger partial charge in [-0.05, 0) is 33.6 Å². The number of ether oxygens (including phenoxy) is 3. The van der Waals surface area contributed by atoms with E-state index in [-0.39, 0.29) is 16.8 Å². The van der Waals surface area contributed by atoms with Gasteiger partial charge in [-0.2, -0.15) is 0 Å². The maximum absolute atomic E-state index is 6.02. The monoisotopic (exact) mass is 214 g/mol. The van der Waals surface area contributed by atoms with Crippen molar-refractivity contribution in [3.05, 3.63) is 0 Å². The third-order valence-corrected chi connectivity index (χ3v) is 4.58. The second-order valence-corrected chi connectivity index (χ2v) is 5.37. The fourth-order valence-electron chi connectivity index (χ4n) is 3.04. The Hall–Kier alpha value is -0.120. The van der Waals surface area contributed by atoms with Gasteiger partial charge < -0.3 is 14.2 Å². The van der Waals surface area contributed by atoms with E-state index in [2.05, 4.69) is 34.6 Å². The summed E-state index contributed by atoms with van der Waals surface area (Å²) in [5, 5.41) is 0. The first-order chi connectivity index (χ1) is 6.74. The fourth-order valence-corrected chi connectivity index (χ4v) is 3.04. The molecule has 0 N–H and O–H groups in total. The molecule has 0 spiro atoms. The summed E-state index contributed by atoms with van der Waals surface area (Å²) in [6, 6.07) is 0. The van der Waals surface area contributed by atoms with Gasteiger partial charge in [-0.25, -0.2) is 0 Å². The van der Waals surface area contributed by atoms with Crippen molar-refractivity contribution >= 4 is 0 Å². The number of rotatable bonds is 2. The molecule has 0 radical (unpaired) electrons. The van der Waals surface area contributed by atoms with Gasteiger partial charge in [0.25, 0.3) is 5.97 Å². The molecule has 2 fully saturated rings. The summed E-state index contributed by atoms with van der Waals surface area (Å²) in [6.07, 6.45) is 1.86. The Kier molecular flexibility index (Phi) is 2.09. The molecule has 0 aromatic rings. The molecule has 3 nitrogen and oxygen atoms in total. The summed E-state index contributed by atoms with van der Waals surface area (Å²) in [7, 11) is 0. The summed E-state index contributed by atoms with van der Waals surface area (Å²) < 4.78 is 17.9. The van der Waals surface area contributed by atoms with E-state index in [4.69, 9.17) is 14.2 Å². The van der Waals surface area contributed by atoms with Crippen LogP contribution in [-0.2, 0) is 14.2 Å².